The smallest absolute Gasteiger partial charge is 0.138 e. The first-order valence-corrected chi connectivity index (χ1v) is 9.26. The van der Waals surface area contributed by atoms with Crippen molar-refractivity contribution in [3.63, 3.8) is 0 Å². The Morgan fingerprint density at radius 1 is 0.815 bits per heavy atom. The highest BCUT2D eigenvalue weighted by Crippen LogP contribution is 2.37. The molecule has 1 aliphatic rings. The number of pyridine rings is 1. The Labute approximate surface area is 158 Å². The Bertz CT molecular complexity index is 1140. The highest BCUT2D eigenvalue weighted by molar-refractivity contribution is 5.82. The Morgan fingerprint density at radius 2 is 1.56 bits per heavy atom. The second-order valence-corrected chi connectivity index (χ2v) is 6.97. The second-order valence-electron chi connectivity index (χ2n) is 6.97. The molecule has 0 unspecified atom stereocenters. The zero-order chi connectivity index (χ0) is 18.2. The van der Waals surface area contributed by atoms with Crippen molar-refractivity contribution < 1.29 is 0 Å². The van der Waals surface area contributed by atoms with Gasteiger partial charge in [0.1, 0.15) is 11.7 Å². The summed E-state index contributed by atoms with van der Waals surface area (Å²) in [6.07, 6.45) is 5.62. The second kappa shape index (κ2) is 6.41. The number of hydrogen-bond donors (Lipinski definition) is 0. The summed E-state index contributed by atoms with van der Waals surface area (Å²) in [6.45, 7) is 0. The number of rotatable bonds is 3. The van der Waals surface area contributed by atoms with Gasteiger partial charge in [0.2, 0.25) is 0 Å². The number of nitrogens with zero attached hydrogens (tertiary/aromatic N) is 3. The molecule has 4 aromatic rings. The number of fused-ring (bicyclic) bond motifs is 1. The minimum Gasteiger partial charge on any atom is -0.298 e. The molecule has 2 aromatic carbocycles. The fourth-order valence-corrected chi connectivity index (χ4v) is 3.69. The van der Waals surface area contributed by atoms with Crippen LogP contribution in [0.1, 0.15) is 30.4 Å². The van der Waals surface area contributed by atoms with Crippen molar-refractivity contribution in [2.24, 2.45) is 0 Å². The Kier molecular flexibility index (Phi) is 3.76. The third kappa shape index (κ3) is 2.71. The number of imidazole rings is 1. The summed E-state index contributed by atoms with van der Waals surface area (Å²) in [5, 5.41) is 9.31. The fourth-order valence-electron chi connectivity index (χ4n) is 3.69. The van der Waals surface area contributed by atoms with Crippen LogP contribution in [0, 0.1) is 17.2 Å². The Hall–Kier alpha value is -3.38. The topological polar surface area (TPSA) is 41.1 Å². The van der Waals surface area contributed by atoms with E-state index < -0.39 is 0 Å². The van der Waals surface area contributed by atoms with Gasteiger partial charge in [-0.1, -0.05) is 61.0 Å². The van der Waals surface area contributed by atoms with E-state index in [1.807, 2.05) is 40.9 Å². The SMILES string of the molecule is N#Cc1ccc2nc(-c3ccc([C]4CCC4)cc3)c(-c3ccccc3)n2c1. The summed E-state index contributed by atoms with van der Waals surface area (Å²) in [7, 11) is 0. The van der Waals surface area contributed by atoms with E-state index in [0.717, 1.165) is 28.2 Å². The minimum atomic E-state index is 0.625. The molecule has 0 aliphatic heterocycles. The van der Waals surface area contributed by atoms with E-state index in [4.69, 9.17) is 4.98 Å². The quantitative estimate of drug-likeness (QED) is 0.480. The molecule has 0 saturated heterocycles. The zero-order valence-electron chi connectivity index (χ0n) is 14.9. The van der Waals surface area contributed by atoms with Crippen molar-refractivity contribution in [3.05, 3.63) is 90.0 Å². The number of nitriles is 1. The average molecular weight is 348 g/mol. The van der Waals surface area contributed by atoms with Gasteiger partial charge < -0.3 is 0 Å². The van der Waals surface area contributed by atoms with Gasteiger partial charge in [-0.25, -0.2) is 4.98 Å². The van der Waals surface area contributed by atoms with Crippen molar-refractivity contribution in [2.75, 3.05) is 0 Å². The van der Waals surface area contributed by atoms with Gasteiger partial charge in [0, 0.05) is 23.2 Å². The molecular formula is C24H18N3. The first kappa shape index (κ1) is 15.8. The van der Waals surface area contributed by atoms with Crippen molar-refractivity contribution in [1.29, 1.82) is 5.26 Å². The summed E-state index contributed by atoms with van der Waals surface area (Å²) in [5.41, 5.74) is 6.97. The van der Waals surface area contributed by atoms with Crippen LogP contribution in [0.25, 0.3) is 28.2 Å². The standard InChI is InChI=1S/C24H18N3/c25-15-17-9-14-22-26-23(20-12-10-19(11-13-20)18-7-4-8-18)24(27(22)16-17)21-5-2-1-3-6-21/h1-3,5-6,9-14,16H,4,7-8H2. The average Bonchev–Trinajstić information content (AvgIpc) is 3.06. The summed E-state index contributed by atoms with van der Waals surface area (Å²) in [6, 6.07) is 25.0. The van der Waals surface area contributed by atoms with Crippen LogP contribution in [0.5, 0.6) is 0 Å². The normalized spacial score (nSPS) is 14.0. The molecular weight excluding hydrogens is 330 g/mol. The van der Waals surface area contributed by atoms with E-state index in [1.54, 1.807) is 5.92 Å². The highest BCUT2D eigenvalue weighted by Gasteiger charge is 2.21. The van der Waals surface area contributed by atoms with Gasteiger partial charge >= 0.3 is 0 Å². The molecule has 129 valence electrons. The van der Waals surface area contributed by atoms with E-state index in [1.165, 1.54) is 24.8 Å². The van der Waals surface area contributed by atoms with Gasteiger partial charge in [-0.05, 0) is 30.5 Å². The molecule has 5 rings (SSSR count). The van der Waals surface area contributed by atoms with Crippen molar-refractivity contribution >= 4 is 5.65 Å². The Balaban J connectivity index is 1.70. The molecule has 3 heteroatoms. The molecule has 2 aromatic heterocycles. The molecule has 3 nitrogen and oxygen atoms in total. The van der Waals surface area contributed by atoms with E-state index in [-0.39, 0.29) is 0 Å². The molecule has 0 atom stereocenters. The van der Waals surface area contributed by atoms with Crippen LogP contribution in [0.2, 0.25) is 0 Å². The van der Waals surface area contributed by atoms with Crippen LogP contribution in [0.3, 0.4) is 0 Å². The molecule has 1 radical (unpaired) electrons. The van der Waals surface area contributed by atoms with Crippen molar-refractivity contribution in [2.45, 2.75) is 19.3 Å². The summed E-state index contributed by atoms with van der Waals surface area (Å²) in [5.74, 6) is 1.55. The summed E-state index contributed by atoms with van der Waals surface area (Å²) < 4.78 is 2.03. The van der Waals surface area contributed by atoms with Crippen LogP contribution >= 0.6 is 0 Å². The van der Waals surface area contributed by atoms with Gasteiger partial charge in [0.05, 0.1) is 17.0 Å². The molecule has 0 spiro atoms. The van der Waals surface area contributed by atoms with Crippen LogP contribution in [-0.4, -0.2) is 9.38 Å². The largest absolute Gasteiger partial charge is 0.298 e. The molecule has 0 bridgehead atoms. The lowest BCUT2D eigenvalue weighted by Gasteiger charge is -2.25. The molecule has 27 heavy (non-hydrogen) atoms. The van der Waals surface area contributed by atoms with Crippen LogP contribution in [-0.2, 0) is 0 Å². The maximum absolute atomic E-state index is 9.31. The molecule has 2 heterocycles. The number of hydrogen-bond acceptors (Lipinski definition) is 2. The maximum Gasteiger partial charge on any atom is 0.138 e. The Morgan fingerprint density at radius 3 is 2.22 bits per heavy atom. The maximum atomic E-state index is 9.31. The first-order valence-electron chi connectivity index (χ1n) is 9.26. The zero-order valence-corrected chi connectivity index (χ0v) is 14.9. The predicted octanol–water partition coefficient (Wildman–Crippen LogP) is 5.65. The predicted molar refractivity (Wildman–Crippen MR) is 107 cm³/mol. The first-order chi connectivity index (χ1) is 13.3. The summed E-state index contributed by atoms with van der Waals surface area (Å²) in [4.78, 5) is 4.89. The van der Waals surface area contributed by atoms with Gasteiger partial charge in [-0.15, -0.1) is 0 Å². The van der Waals surface area contributed by atoms with Gasteiger partial charge in [0.15, 0.2) is 0 Å². The lowest BCUT2D eigenvalue weighted by atomic mass is 9.80. The third-order valence-electron chi connectivity index (χ3n) is 5.32. The fraction of sp³-hybridized carbons (Fsp3) is 0.125. The highest BCUT2D eigenvalue weighted by atomic mass is 15.0. The minimum absolute atomic E-state index is 0.625. The molecule has 1 fully saturated rings. The van der Waals surface area contributed by atoms with Crippen molar-refractivity contribution in [1.82, 2.24) is 9.38 Å². The number of aromatic nitrogens is 2. The molecule has 0 N–H and O–H groups in total. The molecule has 0 amide bonds. The van der Waals surface area contributed by atoms with Crippen LogP contribution < -0.4 is 0 Å². The lowest BCUT2D eigenvalue weighted by Crippen LogP contribution is -2.09. The van der Waals surface area contributed by atoms with Gasteiger partial charge in [-0.2, -0.15) is 5.26 Å². The van der Waals surface area contributed by atoms with E-state index in [9.17, 15) is 5.26 Å². The van der Waals surface area contributed by atoms with E-state index in [0.29, 0.717) is 5.56 Å². The number of benzene rings is 2. The lowest BCUT2D eigenvalue weighted by molar-refractivity contribution is 0.577. The molecule has 1 aliphatic carbocycles. The third-order valence-corrected chi connectivity index (χ3v) is 5.32. The molecule has 1 saturated carbocycles. The monoisotopic (exact) mass is 348 g/mol. The van der Waals surface area contributed by atoms with E-state index in [2.05, 4.69) is 42.5 Å². The van der Waals surface area contributed by atoms with Crippen LogP contribution in [0.4, 0.5) is 0 Å². The van der Waals surface area contributed by atoms with Gasteiger partial charge in [-0.3, -0.25) is 4.40 Å². The van der Waals surface area contributed by atoms with Gasteiger partial charge in [0.25, 0.3) is 0 Å². The van der Waals surface area contributed by atoms with Crippen LogP contribution in [0.15, 0.2) is 72.9 Å². The summed E-state index contributed by atoms with van der Waals surface area (Å²) >= 11 is 0. The van der Waals surface area contributed by atoms with Crippen molar-refractivity contribution in [3.8, 4) is 28.6 Å². The van der Waals surface area contributed by atoms with E-state index >= 15 is 0 Å².